The molecule has 4 nitrogen and oxygen atoms in total. The van der Waals surface area contributed by atoms with Gasteiger partial charge in [0.1, 0.15) is 0 Å². The predicted octanol–water partition coefficient (Wildman–Crippen LogP) is 3.40. The van der Waals surface area contributed by atoms with Crippen molar-refractivity contribution < 1.29 is 9.53 Å². The van der Waals surface area contributed by atoms with E-state index in [2.05, 4.69) is 56.5 Å². The average Bonchev–Trinajstić information content (AvgIpc) is 2.57. The van der Waals surface area contributed by atoms with Crippen LogP contribution in [-0.4, -0.2) is 54.0 Å². The molecule has 138 valence electrons. The topological polar surface area (TPSA) is 32.8 Å². The minimum absolute atomic E-state index is 0.0689. The number of ether oxygens (including phenoxy) is 1. The maximum Gasteiger partial charge on any atom is 0.288 e. The molecule has 1 saturated heterocycles. The molecule has 0 spiro atoms. The third-order valence-corrected chi connectivity index (χ3v) is 4.93. The average molecular weight is 344 g/mol. The summed E-state index contributed by atoms with van der Waals surface area (Å²) >= 11 is 0. The summed E-state index contributed by atoms with van der Waals surface area (Å²) in [6.45, 7) is 15.3. The number of carbonyl (C=O) groups excluding carboxylic acids is 1. The van der Waals surface area contributed by atoms with Gasteiger partial charge in [0.15, 0.2) is 5.76 Å². The van der Waals surface area contributed by atoms with Crippen molar-refractivity contribution in [3.05, 3.63) is 47.7 Å². The van der Waals surface area contributed by atoms with Crippen molar-refractivity contribution in [2.24, 2.45) is 0 Å². The van der Waals surface area contributed by atoms with Crippen LogP contribution in [0.4, 0.5) is 0 Å². The summed E-state index contributed by atoms with van der Waals surface area (Å²) in [6.07, 6.45) is 2.24. The van der Waals surface area contributed by atoms with E-state index in [9.17, 15) is 4.79 Å². The molecule has 0 aromatic heterocycles. The Bertz CT molecular complexity index is 599. The third kappa shape index (κ3) is 5.33. The first-order chi connectivity index (χ1) is 11.9. The summed E-state index contributed by atoms with van der Waals surface area (Å²) < 4.78 is 5.29. The van der Waals surface area contributed by atoms with E-state index in [0.717, 1.165) is 32.5 Å². The molecule has 0 radical (unpaired) electrons. The van der Waals surface area contributed by atoms with Crippen LogP contribution in [0.15, 0.2) is 36.6 Å². The molecule has 4 heteroatoms. The molecule has 1 aromatic rings. The molecular formula is C21H32N2O2. The van der Waals surface area contributed by atoms with E-state index in [-0.39, 0.29) is 17.7 Å². The van der Waals surface area contributed by atoms with E-state index in [1.807, 2.05) is 11.8 Å². The smallest absolute Gasteiger partial charge is 0.288 e. The quantitative estimate of drug-likeness (QED) is 0.561. The first-order valence-electron chi connectivity index (χ1n) is 9.34. The van der Waals surface area contributed by atoms with Crippen molar-refractivity contribution in [3.8, 4) is 0 Å². The number of benzene rings is 1. The summed E-state index contributed by atoms with van der Waals surface area (Å²) in [7, 11) is 0. The van der Waals surface area contributed by atoms with Gasteiger partial charge in [-0.05, 0) is 52.6 Å². The van der Waals surface area contributed by atoms with Crippen molar-refractivity contribution in [2.75, 3.05) is 26.2 Å². The van der Waals surface area contributed by atoms with Crippen LogP contribution >= 0.6 is 0 Å². The maximum atomic E-state index is 12.5. The number of hydrogen-bond acceptors (Lipinski definition) is 3. The van der Waals surface area contributed by atoms with Gasteiger partial charge in [-0.15, -0.1) is 0 Å². The largest absolute Gasteiger partial charge is 0.489 e. The fourth-order valence-corrected chi connectivity index (χ4v) is 3.54. The van der Waals surface area contributed by atoms with E-state index in [1.54, 1.807) is 0 Å². The first kappa shape index (κ1) is 19.5. The van der Waals surface area contributed by atoms with E-state index < -0.39 is 0 Å². The summed E-state index contributed by atoms with van der Waals surface area (Å²) in [4.78, 5) is 16.9. The standard InChI is InChI=1S/C21H32N2O2/c1-6-25-19(5)21(24)23-15-17(3)22(14-18(23)4)12-8-11-20-10-7-9-16(2)13-20/h7,9-10,13,17-18H,5-6,8,11-12,14-15H2,1-4H3. The van der Waals surface area contributed by atoms with Crippen molar-refractivity contribution >= 4 is 5.91 Å². The molecule has 2 rings (SSSR count). The lowest BCUT2D eigenvalue weighted by Crippen LogP contribution is -2.58. The Labute approximate surface area is 152 Å². The van der Waals surface area contributed by atoms with Crippen molar-refractivity contribution in [1.29, 1.82) is 0 Å². The minimum Gasteiger partial charge on any atom is -0.489 e. The zero-order chi connectivity index (χ0) is 18.4. The summed E-state index contributed by atoms with van der Waals surface area (Å²) in [6, 6.07) is 9.27. The number of rotatable bonds is 7. The highest BCUT2D eigenvalue weighted by atomic mass is 16.5. The molecule has 1 aliphatic rings. The molecule has 0 N–H and O–H groups in total. The van der Waals surface area contributed by atoms with Crippen LogP contribution in [0.1, 0.15) is 38.3 Å². The van der Waals surface area contributed by atoms with Gasteiger partial charge >= 0.3 is 0 Å². The van der Waals surface area contributed by atoms with Crippen LogP contribution in [0.25, 0.3) is 0 Å². The zero-order valence-electron chi connectivity index (χ0n) is 16.1. The molecule has 0 aliphatic carbocycles. The Hall–Kier alpha value is -1.81. The number of amides is 1. The molecular weight excluding hydrogens is 312 g/mol. The van der Waals surface area contributed by atoms with Gasteiger partial charge in [0.05, 0.1) is 6.61 Å². The van der Waals surface area contributed by atoms with E-state index in [1.165, 1.54) is 11.1 Å². The fraction of sp³-hybridized carbons (Fsp3) is 0.571. The monoisotopic (exact) mass is 344 g/mol. The highest BCUT2D eigenvalue weighted by molar-refractivity contribution is 5.91. The lowest BCUT2D eigenvalue weighted by atomic mass is 10.0. The van der Waals surface area contributed by atoms with Gasteiger partial charge in [-0.25, -0.2) is 0 Å². The SMILES string of the molecule is C=C(OCC)C(=O)N1CC(C)N(CCCc2cccc(C)c2)CC1C. The van der Waals surface area contributed by atoms with Crippen LogP contribution < -0.4 is 0 Å². The first-order valence-corrected chi connectivity index (χ1v) is 9.34. The van der Waals surface area contributed by atoms with Gasteiger partial charge in [-0.1, -0.05) is 36.4 Å². The van der Waals surface area contributed by atoms with Crippen LogP contribution in [0, 0.1) is 6.92 Å². The van der Waals surface area contributed by atoms with E-state index in [4.69, 9.17) is 4.74 Å². The Morgan fingerprint density at radius 2 is 2.04 bits per heavy atom. The van der Waals surface area contributed by atoms with Crippen molar-refractivity contribution in [3.63, 3.8) is 0 Å². The van der Waals surface area contributed by atoms with E-state index in [0.29, 0.717) is 12.6 Å². The Kier molecular flexibility index (Phi) is 7.06. The third-order valence-electron chi connectivity index (χ3n) is 4.93. The molecule has 0 saturated carbocycles. The molecule has 1 aromatic carbocycles. The Morgan fingerprint density at radius 1 is 1.28 bits per heavy atom. The summed E-state index contributed by atoms with van der Waals surface area (Å²) in [5, 5.41) is 0. The fourth-order valence-electron chi connectivity index (χ4n) is 3.54. The van der Waals surface area contributed by atoms with Gasteiger partial charge in [0.2, 0.25) is 0 Å². The normalized spacial score (nSPS) is 21.2. The van der Waals surface area contributed by atoms with Crippen molar-refractivity contribution in [1.82, 2.24) is 9.80 Å². The van der Waals surface area contributed by atoms with Gasteiger partial charge in [0.25, 0.3) is 5.91 Å². The number of aryl methyl sites for hydroxylation is 2. The van der Waals surface area contributed by atoms with Gasteiger partial charge in [-0.2, -0.15) is 0 Å². The lowest BCUT2D eigenvalue weighted by Gasteiger charge is -2.44. The van der Waals surface area contributed by atoms with E-state index >= 15 is 0 Å². The molecule has 0 bridgehead atoms. The summed E-state index contributed by atoms with van der Waals surface area (Å²) in [5.41, 5.74) is 2.73. The van der Waals surface area contributed by atoms with Crippen LogP contribution in [-0.2, 0) is 16.0 Å². The lowest BCUT2D eigenvalue weighted by molar-refractivity contribution is -0.136. The number of piperazine rings is 1. The predicted molar refractivity (Wildman–Crippen MR) is 102 cm³/mol. The van der Waals surface area contributed by atoms with Crippen LogP contribution in [0.3, 0.4) is 0 Å². The highest BCUT2D eigenvalue weighted by Gasteiger charge is 2.32. The highest BCUT2D eigenvalue weighted by Crippen LogP contribution is 2.18. The van der Waals surface area contributed by atoms with Crippen LogP contribution in [0.2, 0.25) is 0 Å². The molecule has 2 unspecified atom stereocenters. The van der Waals surface area contributed by atoms with Gasteiger partial charge < -0.3 is 9.64 Å². The summed E-state index contributed by atoms with van der Waals surface area (Å²) in [5.74, 6) is 0.190. The second-order valence-electron chi connectivity index (χ2n) is 7.10. The molecule has 1 heterocycles. The Balaban J connectivity index is 1.85. The molecule has 1 fully saturated rings. The zero-order valence-corrected chi connectivity index (χ0v) is 16.1. The second kappa shape index (κ2) is 9.04. The number of hydrogen-bond donors (Lipinski definition) is 0. The Morgan fingerprint density at radius 3 is 2.72 bits per heavy atom. The maximum absolute atomic E-state index is 12.5. The van der Waals surface area contributed by atoms with Gasteiger partial charge in [0, 0.05) is 25.2 Å². The van der Waals surface area contributed by atoms with Gasteiger partial charge in [-0.3, -0.25) is 9.69 Å². The minimum atomic E-state index is -0.0689. The molecule has 1 amide bonds. The molecule has 1 aliphatic heterocycles. The molecule has 25 heavy (non-hydrogen) atoms. The van der Waals surface area contributed by atoms with Crippen molar-refractivity contribution in [2.45, 2.75) is 52.6 Å². The number of nitrogens with zero attached hydrogens (tertiary/aromatic N) is 2. The second-order valence-corrected chi connectivity index (χ2v) is 7.10. The van der Waals surface area contributed by atoms with Crippen LogP contribution in [0.5, 0.6) is 0 Å². The molecule has 2 atom stereocenters. The number of carbonyl (C=O) groups is 1.